The molecule has 0 heterocycles. The Hall–Kier alpha value is -1.18. The van der Waals surface area contributed by atoms with Gasteiger partial charge in [0.05, 0.1) is 0 Å². The predicted molar refractivity (Wildman–Crippen MR) is 51.6 cm³/mol. The van der Waals surface area contributed by atoms with Crippen LogP contribution in [-0.4, -0.2) is 18.2 Å². The van der Waals surface area contributed by atoms with Crippen molar-refractivity contribution < 1.29 is 5.11 Å². The molecule has 0 saturated carbocycles. The minimum absolute atomic E-state index is 0.316. The lowest BCUT2D eigenvalue weighted by molar-refractivity contribution is 0.475. The third kappa shape index (κ3) is 1.91. The normalized spacial score (nSPS) is 10.3. The van der Waals surface area contributed by atoms with Crippen LogP contribution in [0.25, 0.3) is 0 Å². The van der Waals surface area contributed by atoms with E-state index >= 15 is 0 Å². The molecule has 0 unspecified atom stereocenters. The van der Waals surface area contributed by atoms with Crippen LogP contribution >= 0.6 is 0 Å². The molecule has 66 valence electrons. The lowest BCUT2D eigenvalue weighted by Crippen LogP contribution is -2.25. The molecule has 0 fully saturated rings. The van der Waals surface area contributed by atoms with Gasteiger partial charge in [0.2, 0.25) is 0 Å². The average Bonchev–Trinajstić information content (AvgIpc) is 2.04. The molecule has 1 rings (SSSR count). The Kier molecular flexibility index (Phi) is 2.58. The maximum absolute atomic E-state index is 9.06. The van der Waals surface area contributed by atoms with E-state index in [0.717, 1.165) is 5.69 Å². The maximum Gasteiger partial charge on any atom is 0.115 e. The van der Waals surface area contributed by atoms with Crippen molar-refractivity contribution in [3.05, 3.63) is 24.3 Å². The first-order chi connectivity index (χ1) is 5.61. The summed E-state index contributed by atoms with van der Waals surface area (Å²) in [6.45, 7) is 4.26. The maximum atomic E-state index is 9.06. The first-order valence-corrected chi connectivity index (χ1v) is 4.13. The molecule has 2 nitrogen and oxygen atoms in total. The molecule has 1 aromatic rings. The highest BCUT2D eigenvalue weighted by Crippen LogP contribution is 2.18. The molecule has 1 aromatic carbocycles. The zero-order valence-electron chi connectivity index (χ0n) is 7.78. The Balaban J connectivity index is 2.82. The van der Waals surface area contributed by atoms with Gasteiger partial charge >= 0.3 is 0 Å². The molecule has 0 spiro atoms. The Labute approximate surface area is 73.4 Å². The molecule has 0 radical (unpaired) electrons. The molecule has 12 heavy (non-hydrogen) atoms. The summed E-state index contributed by atoms with van der Waals surface area (Å²) >= 11 is 0. The van der Waals surface area contributed by atoms with E-state index in [1.165, 1.54) is 0 Å². The Bertz CT molecular complexity index is 241. The number of anilines is 1. The van der Waals surface area contributed by atoms with Crippen LogP contribution in [0.1, 0.15) is 13.8 Å². The van der Waals surface area contributed by atoms with Gasteiger partial charge in [0, 0.05) is 18.8 Å². The van der Waals surface area contributed by atoms with Crippen LogP contribution in [0.2, 0.25) is 0 Å². The lowest BCUT2D eigenvalue weighted by atomic mass is 10.2. The van der Waals surface area contributed by atoms with Gasteiger partial charge in [-0.15, -0.1) is 0 Å². The average molecular weight is 165 g/mol. The number of rotatable bonds is 2. The molecule has 0 atom stereocenters. The zero-order chi connectivity index (χ0) is 9.14. The van der Waals surface area contributed by atoms with Crippen molar-refractivity contribution in [2.75, 3.05) is 11.9 Å². The fraction of sp³-hybridized carbons (Fsp3) is 0.400. The van der Waals surface area contributed by atoms with E-state index in [1.807, 2.05) is 19.2 Å². The third-order valence-corrected chi connectivity index (χ3v) is 2.03. The molecule has 0 aliphatic carbocycles. The largest absolute Gasteiger partial charge is 0.508 e. The Morgan fingerprint density at radius 1 is 1.17 bits per heavy atom. The van der Waals surface area contributed by atoms with E-state index < -0.39 is 0 Å². The second-order valence-electron chi connectivity index (χ2n) is 3.22. The third-order valence-electron chi connectivity index (χ3n) is 2.03. The number of phenols is 1. The number of nitrogens with zero attached hydrogens (tertiary/aromatic N) is 1. The van der Waals surface area contributed by atoms with Gasteiger partial charge in [0.1, 0.15) is 5.75 Å². The van der Waals surface area contributed by atoms with Crippen LogP contribution in [0.15, 0.2) is 24.3 Å². The van der Waals surface area contributed by atoms with Crippen LogP contribution in [-0.2, 0) is 0 Å². The first-order valence-electron chi connectivity index (χ1n) is 4.13. The van der Waals surface area contributed by atoms with Gasteiger partial charge in [-0.2, -0.15) is 0 Å². The van der Waals surface area contributed by atoms with E-state index in [-0.39, 0.29) is 0 Å². The minimum atomic E-state index is 0.316. The molecule has 0 aliphatic rings. The first kappa shape index (κ1) is 8.91. The Morgan fingerprint density at radius 3 is 2.08 bits per heavy atom. The summed E-state index contributed by atoms with van der Waals surface area (Å²) in [7, 11) is 2.04. The summed E-state index contributed by atoms with van der Waals surface area (Å²) in [5.41, 5.74) is 1.13. The molecule has 0 amide bonds. The summed E-state index contributed by atoms with van der Waals surface area (Å²) in [5, 5.41) is 9.06. The molecule has 0 aliphatic heterocycles. The summed E-state index contributed by atoms with van der Waals surface area (Å²) in [6.07, 6.45) is 0. The fourth-order valence-corrected chi connectivity index (χ4v) is 0.986. The van der Waals surface area contributed by atoms with Gasteiger partial charge in [-0.3, -0.25) is 0 Å². The summed E-state index contributed by atoms with van der Waals surface area (Å²) in [5.74, 6) is 0.316. The second-order valence-corrected chi connectivity index (χ2v) is 3.22. The molecule has 0 saturated heterocycles. The van der Waals surface area contributed by atoms with Gasteiger partial charge in [0.15, 0.2) is 0 Å². The van der Waals surface area contributed by atoms with Gasteiger partial charge in [-0.1, -0.05) is 0 Å². The van der Waals surface area contributed by atoms with Crippen molar-refractivity contribution in [3.8, 4) is 5.75 Å². The number of benzene rings is 1. The van der Waals surface area contributed by atoms with Crippen LogP contribution < -0.4 is 4.90 Å². The topological polar surface area (TPSA) is 23.5 Å². The highest BCUT2D eigenvalue weighted by Gasteiger charge is 2.03. The van der Waals surface area contributed by atoms with Gasteiger partial charge in [-0.05, 0) is 38.1 Å². The molecule has 0 aromatic heterocycles. The SMILES string of the molecule is CC(C)N(C)c1ccc(O)cc1. The number of hydrogen-bond acceptors (Lipinski definition) is 2. The van der Waals surface area contributed by atoms with Crippen molar-refractivity contribution in [1.29, 1.82) is 0 Å². The van der Waals surface area contributed by atoms with Gasteiger partial charge in [-0.25, -0.2) is 0 Å². The summed E-state index contributed by atoms with van der Waals surface area (Å²) in [6, 6.07) is 7.71. The second kappa shape index (κ2) is 3.48. The van der Waals surface area contributed by atoms with Crippen molar-refractivity contribution in [3.63, 3.8) is 0 Å². The standard InChI is InChI=1S/C10H15NO/c1-8(2)11(3)9-4-6-10(12)7-5-9/h4-8,12H,1-3H3. The van der Waals surface area contributed by atoms with E-state index in [0.29, 0.717) is 11.8 Å². The van der Waals surface area contributed by atoms with Gasteiger partial charge in [0.25, 0.3) is 0 Å². The smallest absolute Gasteiger partial charge is 0.115 e. The van der Waals surface area contributed by atoms with Crippen LogP contribution in [0.4, 0.5) is 5.69 Å². The van der Waals surface area contributed by atoms with Gasteiger partial charge < -0.3 is 10.0 Å². The van der Waals surface area contributed by atoms with Crippen molar-refractivity contribution in [2.45, 2.75) is 19.9 Å². The van der Waals surface area contributed by atoms with Crippen molar-refractivity contribution in [2.24, 2.45) is 0 Å². The van der Waals surface area contributed by atoms with E-state index in [1.54, 1.807) is 12.1 Å². The van der Waals surface area contributed by atoms with Crippen molar-refractivity contribution >= 4 is 5.69 Å². The van der Waals surface area contributed by atoms with E-state index in [2.05, 4.69) is 18.7 Å². The summed E-state index contributed by atoms with van der Waals surface area (Å²) in [4.78, 5) is 2.15. The monoisotopic (exact) mass is 165 g/mol. The molecular weight excluding hydrogens is 150 g/mol. The molecular formula is C10H15NO. The van der Waals surface area contributed by atoms with Crippen LogP contribution in [0.5, 0.6) is 5.75 Å². The highest BCUT2D eigenvalue weighted by atomic mass is 16.3. The lowest BCUT2D eigenvalue weighted by Gasteiger charge is -2.23. The zero-order valence-corrected chi connectivity index (χ0v) is 7.78. The number of aromatic hydroxyl groups is 1. The fourth-order valence-electron chi connectivity index (χ4n) is 0.986. The predicted octanol–water partition coefficient (Wildman–Crippen LogP) is 2.24. The highest BCUT2D eigenvalue weighted by molar-refractivity contribution is 5.48. The van der Waals surface area contributed by atoms with Crippen LogP contribution in [0.3, 0.4) is 0 Å². The molecule has 0 bridgehead atoms. The minimum Gasteiger partial charge on any atom is -0.508 e. The molecule has 2 heteroatoms. The van der Waals surface area contributed by atoms with E-state index in [9.17, 15) is 0 Å². The molecule has 1 N–H and O–H groups in total. The number of hydrogen-bond donors (Lipinski definition) is 1. The summed E-state index contributed by atoms with van der Waals surface area (Å²) < 4.78 is 0. The van der Waals surface area contributed by atoms with E-state index in [4.69, 9.17) is 5.11 Å². The number of phenolic OH excluding ortho intramolecular Hbond substituents is 1. The van der Waals surface area contributed by atoms with Crippen LogP contribution in [0, 0.1) is 0 Å². The quantitative estimate of drug-likeness (QED) is 0.726. The Morgan fingerprint density at radius 2 is 1.67 bits per heavy atom. The van der Waals surface area contributed by atoms with Crippen molar-refractivity contribution in [1.82, 2.24) is 0 Å².